The van der Waals surface area contributed by atoms with Crippen LogP contribution in [0.2, 0.25) is 0 Å². The maximum atomic E-state index is 11.6. The van der Waals surface area contributed by atoms with Gasteiger partial charge in [-0.2, -0.15) is 0 Å². The molecule has 0 aromatic heterocycles. The normalized spacial score (nSPS) is 15.1. The fourth-order valence-electron chi connectivity index (χ4n) is 2.15. The summed E-state index contributed by atoms with van der Waals surface area (Å²) in [6.45, 7) is 2.44. The third-order valence-corrected chi connectivity index (χ3v) is 3.99. The Labute approximate surface area is 95.9 Å². The summed E-state index contributed by atoms with van der Waals surface area (Å²) in [7, 11) is -1.55. The first-order valence-corrected chi connectivity index (χ1v) is 6.93. The zero-order chi connectivity index (χ0) is 11.9. The lowest BCUT2D eigenvalue weighted by molar-refractivity contribution is 0.414. The number of nitrogens with zero attached hydrogens (tertiary/aromatic N) is 1. The van der Waals surface area contributed by atoms with Crippen molar-refractivity contribution in [2.24, 2.45) is 0 Å². The summed E-state index contributed by atoms with van der Waals surface area (Å²) in [5.74, 6) is 0.784. The number of hydrogen-bond acceptors (Lipinski definition) is 3. The van der Waals surface area contributed by atoms with E-state index in [2.05, 4.69) is 0 Å². The molecule has 0 radical (unpaired) electrons. The molecule has 4 nitrogen and oxygen atoms in total. The number of hydrogen-bond donors (Lipinski definition) is 0. The lowest BCUT2D eigenvalue weighted by atomic mass is 10.1. The molecule has 1 heterocycles. The number of sulfonamides is 1. The highest BCUT2D eigenvalue weighted by Gasteiger charge is 2.28. The fraction of sp³-hybridized carbons (Fsp3) is 0.455. The van der Waals surface area contributed by atoms with Crippen molar-refractivity contribution in [3.63, 3.8) is 0 Å². The molecule has 1 aliphatic rings. The van der Waals surface area contributed by atoms with Crippen LogP contribution in [0.3, 0.4) is 0 Å². The molecule has 1 aliphatic heterocycles. The van der Waals surface area contributed by atoms with Crippen molar-refractivity contribution < 1.29 is 13.2 Å². The lowest BCUT2D eigenvalue weighted by Gasteiger charge is -2.18. The van der Waals surface area contributed by atoms with Gasteiger partial charge in [-0.05, 0) is 36.6 Å². The van der Waals surface area contributed by atoms with E-state index in [4.69, 9.17) is 4.74 Å². The van der Waals surface area contributed by atoms with Crippen LogP contribution >= 0.6 is 0 Å². The summed E-state index contributed by atoms with van der Waals surface area (Å²) in [5.41, 5.74) is 2.81. The van der Waals surface area contributed by atoms with Crippen molar-refractivity contribution in [3.05, 3.63) is 23.3 Å². The number of benzene rings is 1. The Morgan fingerprint density at radius 2 is 2.06 bits per heavy atom. The van der Waals surface area contributed by atoms with E-state index in [9.17, 15) is 8.42 Å². The summed E-state index contributed by atoms with van der Waals surface area (Å²) in [6.07, 6.45) is 1.99. The average Bonchev–Trinajstić information content (AvgIpc) is 2.60. The zero-order valence-corrected chi connectivity index (χ0v) is 10.5. The molecule has 5 heteroatoms. The van der Waals surface area contributed by atoms with E-state index in [1.807, 2.05) is 19.1 Å². The Bertz CT molecular complexity index is 522. The van der Waals surface area contributed by atoms with Crippen molar-refractivity contribution >= 4 is 15.7 Å². The van der Waals surface area contributed by atoms with Crippen molar-refractivity contribution in [2.75, 3.05) is 24.2 Å². The number of rotatable bonds is 2. The highest BCUT2D eigenvalue weighted by molar-refractivity contribution is 7.92. The third kappa shape index (κ3) is 1.75. The van der Waals surface area contributed by atoms with Crippen LogP contribution in [0.4, 0.5) is 5.69 Å². The number of fused-ring (bicyclic) bond motifs is 1. The van der Waals surface area contributed by atoms with Crippen LogP contribution in [0.15, 0.2) is 12.1 Å². The Balaban J connectivity index is 2.56. The summed E-state index contributed by atoms with van der Waals surface area (Å²) in [6, 6.07) is 3.77. The Morgan fingerprint density at radius 3 is 2.62 bits per heavy atom. The summed E-state index contributed by atoms with van der Waals surface area (Å²) < 4.78 is 29.8. The largest absolute Gasteiger partial charge is 0.497 e. The van der Waals surface area contributed by atoms with Gasteiger partial charge in [-0.15, -0.1) is 0 Å². The zero-order valence-electron chi connectivity index (χ0n) is 9.65. The van der Waals surface area contributed by atoms with Gasteiger partial charge in [0.15, 0.2) is 0 Å². The number of methoxy groups -OCH3 is 1. The van der Waals surface area contributed by atoms with E-state index in [-0.39, 0.29) is 0 Å². The maximum absolute atomic E-state index is 11.6. The van der Waals surface area contributed by atoms with Crippen molar-refractivity contribution in [3.8, 4) is 5.75 Å². The van der Waals surface area contributed by atoms with Gasteiger partial charge in [0.2, 0.25) is 10.0 Å². The van der Waals surface area contributed by atoms with Crippen molar-refractivity contribution in [2.45, 2.75) is 13.3 Å². The van der Waals surface area contributed by atoms with Crippen LogP contribution in [0.1, 0.15) is 11.1 Å². The summed E-state index contributed by atoms with van der Waals surface area (Å²) in [5, 5.41) is 0. The predicted molar refractivity (Wildman–Crippen MR) is 63.6 cm³/mol. The number of aryl methyl sites for hydroxylation is 1. The molecule has 0 atom stereocenters. The van der Waals surface area contributed by atoms with E-state index < -0.39 is 10.0 Å². The molecule has 0 saturated carbocycles. The maximum Gasteiger partial charge on any atom is 0.232 e. The fourth-order valence-corrected chi connectivity index (χ4v) is 3.16. The minimum atomic E-state index is -3.17. The Morgan fingerprint density at radius 1 is 1.38 bits per heavy atom. The SMILES string of the molecule is COc1cc(C)c2c(c1)CCN2S(C)(=O)=O. The van der Waals surface area contributed by atoms with Crippen LogP contribution < -0.4 is 9.04 Å². The van der Waals surface area contributed by atoms with Gasteiger partial charge in [-0.1, -0.05) is 0 Å². The summed E-state index contributed by atoms with van der Waals surface area (Å²) in [4.78, 5) is 0. The molecule has 1 aromatic carbocycles. The van der Waals surface area contributed by atoms with Crippen LogP contribution in [-0.4, -0.2) is 28.3 Å². The van der Waals surface area contributed by atoms with Gasteiger partial charge in [0, 0.05) is 6.54 Å². The second-order valence-corrected chi connectivity index (χ2v) is 5.94. The molecule has 2 rings (SSSR count). The minimum absolute atomic E-state index is 0.530. The average molecular weight is 241 g/mol. The summed E-state index contributed by atoms with van der Waals surface area (Å²) >= 11 is 0. The highest BCUT2D eigenvalue weighted by Crippen LogP contribution is 2.36. The smallest absolute Gasteiger partial charge is 0.232 e. The second-order valence-electron chi connectivity index (χ2n) is 4.04. The molecule has 0 aliphatic carbocycles. The van der Waals surface area contributed by atoms with Gasteiger partial charge in [0.25, 0.3) is 0 Å². The van der Waals surface area contributed by atoms with Crippen molar-refractivity contribution in [1.29, 1.82) is 0 Å². The molecule has 0 unspecified atom stereocenters. The first-order valence-electron chi connectivity index (χ1n) is 5.08. The third-order valence-electron chi connectivity index (χ3n) is 2.82. The van der Waals surface area contributed by atoms with Crippen LogP contribution in [0.25, 0.3) is 0 Å². The quantitative estimate of drug-likeness (QED) is 0.784. The van der Waals surface area contributed by atoms with Gasteiger partial charge in [0.05, 0.1) is 19.1 Å². The molecular formula is C11H15NO3S. The van der Waals surface area contributed by atoms with E-state index in [1.54, 1.807) is 7.11 Å². The Kier molecular flexibility index (Phi) is 2.58. The molecule has 16 heavy (non-hydrogen) atoms. The number of ether oxygens (including phenoxy) is 1. The van der Waals surface area contributed by atoms with Crippen LogP contribution in [0, 0.1) is 6.92 Å². The molecule has 0 amide bonds. The monoisotopic (exact) mass is 241 g/mol. The van der Waals surface area contributed by atoms with Gasteiger partial charge < -0.3 is 4.74 Å². The second kappa shape index (κ2) is 3.66. The molecule has 0 bridgehead atoms. The standard InChI is InChI=1S/C11H15NO3S/c1-8-6-10(15-2)7-9-4-5-12(11(8)9)16(3,13)14/h6-7H,4-5H2,1-3H3. The lowest BCUT2D eigenvalue weighted by Crippen LogP contribution is -2.28. The van der Waals surface area contributed by atoms with Gasteiger partial charge in [0.1, 0.15) is 5.75 Å². The highest BCUT2D eigenvalue weighted by atomic mass is 32.2. The van der Waals surface area contributed by atoms with E-state index in [0.29, 0.717) is 6.54 Å². The molecular weight excluding hydrogens is 226 g/mol. The Hall–Kier alpha value is -1.23. The van der Waals surface area contributed by atoms with E-state index >= 15 is 0 Å². The minimum Gasteiger partial charge on any atom is -0.497 e. The molecule has 0 saturated heterocycles. The first-order chi connectivity index (χ1) is 7.43. The molecule has 88 valence electrons. The molecule has 0 spiro atoms. The molecule has 1 aromatic rings. The van der Waals surface area contributed by atoms with Crippen LogP contribution in [0.5, 0.6) is 5.75 Å². The number of anilines is 1. The topological polar surface area (TPSA) is 46.6 Å². The van der Waals surface area contributed by atoms with Gasteiger partial charge in [-0.3, -0.25) is 4.31 Å². The molecule has 0 N–H and O–H groups in total. The van der Waals surface area contributed by atoms with Crippen molar-refractivity contribution in [1.82, 2.24) is 0 Å². The predicted octanol–water partition coefficient (Wildman–Crippen LogP) is 1.33. The van der Waals surface area contributed by atoms with E-state index in [0.717, 1.165) is 29.0 Å². The van der Waals surface area contributed by atoms with Gasteiger partial charge in [-0.25, -0.2) is 8.42 Å². The van der Waals surface area contributed by atoms with Gasteiger partial charge >= 0.3 is 0 Å². The van der Waals surface area contributed by atoms with E-state index in [1.165, 1.54) is 10.6 Å². The first kappa shape index (κ1) is 11.3. The van der Waals surface area contributed by atoms with Crippen LogP contribution in [-0.2, 0) is 16.4 Å². The molecule has 0 fully saturated rings.